The van der Waals surface area contributed by atoms with E-state index in [1.807, 2.05) is 0 Å². The summed E-state index contributed by atoms with van der Waals surface area (Å²) in [4.78, 5) is 0. The zero-order chi connectivity index (χ0) is 11.0. The molecule has 1 nitrogen and oxygen atoms in total. The predicted octanol–water partition coefficient (Wildman–Crippen LogP) is 3.58. The molecular formula is C13H27N. The van der Waals surface area contributed by atoms with Gasteiger partial charge < -0.3 is 5.73 Å². The van der Waals surface area contributed by atoms with Crippen LogP contribution < -0.4 is 5.73 Å². The van der Waals surface area contributed by atoms with Gasteiger partial charge in [0.05, 0.1) is 0 Å². The monoisotopic (exact) mass is 197 g/mol. The maximum Gasteiger partial charge on any atom is 0.0206 e. The molecule has 0 aromatic rings. The largest absolute Gasteiger partial charge is 0.325 e. The van der Waals surface area contributed by atoms with Crippen LogP contribution in [0.5, 0.6) is 0 Å². The summed E-state index contributed by atoms with van der Waals surface area (Å²) in [5.74, 6) is 1.65. The highest BCUT2D eigenvalue weighted by Crippen LogP contribution is 2.42. The zero-order valence-electron chi connectivity index (χ0n) is 10.6. The van der Waals surface area contributed by atoms with Crippen LogP contribution >= 0.6 is 0 Å². The molecule has 0 aromatic carbocycles. The van der Waals surface area contributed by atoms with E-state index in [0.717, 1.165) is 11.8 Å². The van der Waals surface area contributed by atoms with Crippen molar-refractivity contribution in [1.29, 1.82) is 0 Å². The van der Waals surface area contributed by atoms with Gasteiger partial charge in [0.25, 0.3) is 0 Å². The molecule has 2 unspecified atom stereocenters. The fraction of sp³-hybridized carbons (Fsp3) is 1.00. The Bertz CT molecular complexity index is 192. The van der Waals surface area contributed by atoms with Crippen molar-refractivity contribution in [2.75, 3.05) is 0 Å². The minimum Gasteiger partial charge on any atom is -0.325 e. The molecule has 84 valence electrons. The lowest BCUT2D eigenvalue weighted by Crippen LogP contribution is -2.51. The van der Waals surface area contributed by atoms with Gasteiger partial charge in [-0.1, -0.05) is 34.6 Å². The molecule has 0 heterocycles. The lowest BCUT2D eigenvalue weighted by Gasteiger charge is -2.42. The second-order valence-corrected chi connectivity index (χ2v) is 6.59. The summed E-state index contributed by atoms with van der Waals surface area (Å²) in [6.45, 7) is 11.6. The molecule has 0 radical (unpaired) electrons. The molecule has 14 heavy (non-hydrogen) atoms. The Morgan fingerprint density at radius 2 is 1.71 bits per heavy atom. The van der Waals surface area contributed by atoms with Crippen LogP contribution in [-0.4, -0.2) is 5.54 Å². The summed E-state index contributed by atoms with van der Waals surface area (Å²) in [6.07, 6.45) is 5.05. The van der Waals surface area contributed by atoms with Gasteiger partial charge >= 0.3 is 0 Å². The summed E-state index contributed by atoms with van der Waals surface area (Å²) >= 11 is 0. The standard InChI is InChI=1S/C13H27N/c1-10-6-7-13(14,12(3,4)5)9-11(2)8-10/h10-11H,6-9,14H2,1-5H3/t10?,11?,13-/m1/s1. The molecule has 0 aromatic heterocycles. The van der Waals surface area contributed by atoms with Crippen molar-refractivity contribution < 1.29 is 0 Å². The first kappa shape index (κ1) is 12.0. The number of nitrogens with two attached hydrogens (primary N) is 1. The maximum atomic E-state index is 6.59. The molecule has 0 spiro atoms. The first-order valence-electron chi connectivity index (χ1n) is 6.03. The third kappa shape index (κ3) is 2.50. The highest BCUT2D eigenvalue weighted by atomic mass is 14.8. The summed E-state index contributed by atoms with van der Waals surface area (Å²) < 4.78 is 0. The van der Waals surface area contributed by atoms with Gasteiger partial charge in [0.1, 0.15) is 0 Å². The van der Waals surface area contributed by atoms with E-state index in [-0.39, 0.29) is 11.0 Å². The van der Waals surface area contributed by atoms with E-state index in [0.29, 0.717) is 0 Å². The van der Waals surface area contributed by atoms with E-state index in [2.05, 4.69) is 34.6 Å². The first-order chi connectivity index (χ1) is 6.24. The Morgan fingerprint density at radius 3 is 2.21 bits per heavy atom. The van der Waals surface area contributed by atoms with Crippen LogP contribution in [0.4, 0.5) is 0 Å². The van der Waals surface area contributed by atoms with Gasteiger partial charge in [-0.2, -0.15) is 0 Å². The summed E-state index contributed by atoms with van der Waals surface area (Å²) in [5.41, 5.74) is 6.88. The lowest BCUT2D eigenvalue weighted by molar-refractivity contribution is 0.149. The van der Waals surface area contributed by atoms with E-state index >= 15 is 0 Å². The van der Waals surface area contributed by atoms with Crippen molar-refractivity contribution in [3.05, 3.63) is 0 Å². The molecule has 1 rings (SSSR count). The maximum absolute atomic E-state index is 6.59. The van der Waals surface area contributed by atoms with Crippen molar-refractivity contribution in [3.63, 3.8) is 0 Å². The van der Waals surface area contributed by atoms with Gasteiger partial charge in [0, 0.05) is 5.54 Å². The Labute approximate surface area is 89.5 Å². The average Bonchev–Trinajstić information content (AvgIpc) is 2.09. The third-order valence-corrected chi connectivity index (χ3v) is 4.09. The van der Waals surface area contributed by atoms with Crippen LogP contribution in [0.2, 0.25) is 0 Å². The topological polar surface area (TPSA) is 26.0 Å². The van der Waals surface area contributed by atoms with Crippen LogP contribution in [0, 0.1) is 17.3 Å². The number of hydrogen-bond donors (Lipinski definition) is 1. The Kier molecular flexibility index (Phi) is 3.30. The first-order valence-corrected chi connectivity index (χ1v) is 6.03. The second kappa shape index (κ2) is 3.84. The van der Waals surface area contributed by atoms with Gasteiger partial charge in [-0.3, -0.25) is 0 Å². The summed E-state index contributed by atoms with van der Waals surface area (Å²) in [7, 11) is 0. The van der Waals surface area contributed by atoms with Crippen LogP contribution in [0.1, 0.15) is 60.3 Å². The Balaban J connectivity index is 2.79. The highest BCUT2D eigenvalue weighted by molar-refractivity contribution is 4.98. The van der Waals surface area contributed by atoms with Crippen LogP contribution in [0.25, 0.3) is 0 Å². The van der Waals surface area contributed by atoms with Crippen LogP contribution in [0.3, 0.4) is 0 Å². The van der Waals surface area contributed by atoms with E-state index < -0.39 is 0 Å². The van der Waals surface area contributed by atoms with Crippen LogP contribution in [-0.2, 0) is 0 Å². The van der Waals surface area contributed by atoms with Crippen molar-refractivity contribution in [3.8, 4) is 0 Å². The molecule has 0 aliphatic heterocycles. The second-order valence-electron chi connectivity index (χ2n) is 6.59. The van der Waals surface area contributed by atoms with E-state index in [4.69, 9.17) is 5.73 Å². The predicted molar refractivity (Wildman–Crippen MR) is 63.2 cm³/mol. The van der Waals surface area contributed by atoms with Crippen molar-refractivity contribution in [2.24, 2.45) is 23.0 Å². The third-order valence-electron chi connectivity index (χ3n) is 4.09. The van der Waals surface area contributed by atoms with Gasteiger partial charge in [-0.15, -0.1) is 0 Å². The van der Waals surface area contributed by atoms with Gasteiger partial charge in [-0.25, -0.2) is 0 Å². The molecule has 1 fully saturated rings. The molecule has 0 bridgehead atoms. The highest BCUT2D eigenvalue weighted by Gasteiger charge is 2.40. The normalized spacial score (nSPS) is 40.7. The van der Waals surface area contributed by atoms with Crippen molar-refractivity contribution in [2.45, 2.75) is 65.8 Å². The minimum atomic E-state index is 0.0528. The van der Waals surface area contributed by atoms with Crippen molar-refractivity contribution in [1.82, 2.24) is 0 Å². The van der Waals surface area contributed by atoms with E-state index in [1.54, 1.807) is 0 Å². The van der Waals surface area contributed by atoms with Gasteiger partial charge in [0.2, 0.25) is 0 Å². The fourth-order valence-electron chi connectivity index (χ4n) is 2.80. The Hall–Kier alpha value is -0.0400. The molecular weight excluding hydrogens is 170 g/mol. The zero-order valence-corrected chi connectivity index (χ0v) is 10.6. The van der Waals surface area contributed by atoms with Gasteiger partial charge in [-0.05, 0) is 42.9 Å². The summed E-state index contributed by atoms with van der Waals surface area (Å²) in [5, 5.41) is 0. The smallest absolute Gasteiger partial charge is 0.0206 e. The minimum absolute atomic E-state index is 0.0528. The van der Waals surface area contributed by atoms with E-state index in [1.165, 1.54) is 25.7 Å². The number of rotatable bonds is 0. The quantitative estimate of drug-likeness (QED) is 0.590. The molecule has 1 aliphatic carbocycles. The summed E-state index contributed by atoms with van der Waals surface area (Å²) in [6, 6.07) is 0. The van der Waals surface area contributed by atoms with E-state index in [9.17, 15) is 0 Å². The van der Waals surface area contributed by atoms with Crippen molar-refractivity contribution >= 4 is 0 Å². The number of hydrogen-bond acceptors (Lipinski definition) is 1. The molecule has 1 heteroatoms. The fourth-order valence-corrected chi connectivity index (χ4v) is 2.80. The molecule has 1 aliphatic rings. The van der Waals surface area contributed by atoms with Crippen LogP contribution in [0.15, 0.2) is 0 Å². The molecule has 2 N–H and O–H groups in total. The average molecular weight is 197 g/mol. The molecule has 0 amide bonds. The Morgan fingerprint density at radius 1 is 1.14 bits per heavy atom. The SMILES string of the molecule is CC1CC[C@](N)(C(C)(C)C)CC(C)C1. The molecule has 3 atom stereocenters. The lowest BCUT2D eigenvalue weighted by atomic mass is 9.68. The molecule has 0 saturated heterocycles. The van der Waals surface area contributed by atoms with Gasteiger partial charge in [0.15, 0.2) is 0 Å². The molecule has 1 saturated carbocycles.